The first kappa shape index (κ1) is 19.8. The summed E-state index contributed by atoms with van der Waals surface area (Å²) in [6.07, 6.45) is 10.2. The second-order valence-corrected chi connectivity index (χ2v) is 7.14. The molecule has 0 aromatic carbocycles. The lowest BCUT2D eigenvalue weighted by molar-refractivity contribution is -0.890. The standard InChI is InChI=1S/C14H31NO4S/c1-4-5-6-7-8-9-10-11-12-15(2,3)13-14-19-20(16,17)18/h4-14H2,1-3H3. The molecule has 5 nitrogen and oxygen atoms in total. The average Bonchev–Trinajstić information content (AvgIpc) is 2.30. The van der Waals surface area contributed by atoms with Crippen LogP contribution in [0.2, 0.25) is 0 Å². The van der Waals surface area contributed by atoms with Crippen molar-refractivity contribution in [2.75, 3.05) is 33.8 Å². The molecule has 0 aromatic rings. The molecule has 0 aliphatic heterocycles. The smallest absolute Gasteiger partial charge is 0.217 e. The number of hydrogen-bond acceptors (Lipinski definition) is 4. The van der Waals surface area contributed by atoms with Crippen LogP contribution in [0.4, 0.5) is 0 Å². The van der Waals surface area contributed by atoms with Gasteiger partial charge in [0, 0.05) is 0 Å². The Kier molecular flexibility index (Phi) is 10.5. The quantitative estimate of drug-likeness (QED) is 0.227. The van der Waals surface area contributed by atoms with E-state index in [1.54, 1.807) is 0 Å². The third kappa shape index (κ3) is 14.2. The molecule has 0 unspecified atom stereocenters. The molecule has 0 bridgehead atoms. The number of nitrogens with zero attached hydrogens (tertiary/aromatic N) is 1. The van der Waals surface area contributed by atoms with Crippen molar-refractivity contribution in [1.82, 2.24) is 0 Å². The summed E-state index contributed by atoms with van der Waals surface area (Å²) in [5, 5.41) is 0. The van der Waals surface area contributed by atoms with Gasteiger partial charge in [-0.3, -0.25) is 4.18 Å². The molecule has 0 aliphatic rings. The lowest BCUT2D eigenvalue weighted by atomic mass is 10.1. The lowest BCUT2D eigenvalue weighted by Gasteiger charge is -2.29. The van der Waals surface area contributed by atoms with Gasteiger partial charge in [0.1, 0.15) is 13.2 Å². The summed E-state index contributed by atoms with van der Waals surface area (Å²) in [6.45, 7) is 3.72. The van der Waals surface area contributed by atoms with Crippen LogP contribution in [0.15, 0.2) is 0 Å². The molecule has 0 radical (unpaired) electrons. The van der Waals surface area contributed by atoms with Crippen molar-refractivity contribution >= 4 is 10.4 Å². The normalized spacial score (nSPS) is 12.8. The van der Waals surface area contributed by atoms with E-state index < -0.39 is 10.4 Å². The predicted molar refractivity (Wildman–Crippen MR) is 80.1 cm³/mol. The largest absolute Gasteiger partial charge is 0.726 e. The second-order valence-electron chi connectivity index (χ2n) is 6.09. The molecule has 0 aliphatic carbocycles. The third-order valence-electron chi connectivity index (χ3n) is 3.54. The summed E-state index contributed by atoms with van der Waals surface area (Å²) in [4.78, 5) is 0. The van der Waals surface area contributed by atoms with Crippen LogP contribution in [-0.4, -0.2) is 51.2 Å². The van der Waals surface area contributed by atoms with E-state index in [-0.39, 0.29) is 6.61 Å². The Hall–Kier alpha value is -0.170. The Morgan fingerprint density at radius 3 is 1.90 bits per heavy atom. The molecule has 0 aromatic heterocycles. The minimum atomic E-state index is -4.55. The molecule has 0 heterocycles. The summed E-state index contributed by atoms with van der Waals surface area (Å²) in [7, 11) is -0.487. The van der Waals surface area contributed by atoms with Crippen LogP contribution < -0.4 is 0 Å². The average molecular weight is 309 g/mol. The first-order valence-electron chi connectivity index (χ1n) is 7.69. The van der Waals surface area contributed by atoms with Crippen LogP contribution in [-0.2, 0) is 14.6 Å². The zero-order chi connectivity index (χ0) is 15.5. The maximum Gasteiger partial charge on any atom is 0.217 e. The van der Waals surface area contributed by atoms with E-state index >= 15 is 0 Å². The predicted octanol–water partition coefficient (Wildman–Crippen LogP) is 2.68. The van der Waals surface area contributed by atoms with Gasteiger partial charge in [0.2, 0.25) is 10.4 Å². The molecular formula is C14H31NO4S. The minimum absolute atomic E-state index is 0.0319. The molecule has 0 spiro atoms. The second kappa shape index (κ2) is 10.5. The van der Waals surface area contributed by atoms with Gasteiger partial charge in [-0.1, -0.05) is 45.4 Å². The van der Waals surface area contributed by atoms with Gasteiger partial charge in [-0.25, -0.2) is 8.42 Å². The van der Waals surface area contributed by atoms with Crippen molar-refractivity contribution < 1.29 is 21.6 Å². The summed E-state index contributed by atoms with van der Waals surface area (Å²) >= 11 is 0. The van der Waals surface area contributed by atoms with Gasteiger partial charge in [-0.2, -0.15) is 0 Å². The van der Waals surface area contributed by atoms with Gasteiger partial charge in [0.25, 0.3) is 0 Å². The van der Waals surface area contributed by atoms with E-state index in [1.165, 1.54) is 44.9 Å². The van der Waals surface area contributed by atoms with Crippen molar-refractivity contribution in [3.63, 3.8) is 0 Å². The Balaban J connectivity index is 3.52. The molecular weight excluding hydrogens is 278 g/mol. The topological polar surface area (TPSA) is 66.4 Å². The van der Waals surface area contributed by atoms with Crippen LogP contribution in [0.3, 0.4) is 0 Å². The van der Waals surface area contributed by atoms with Gasteiger partial charge in [0.15, 0.2) is 0 Å². The van der Waals surface area contributed by atoms with E-state index in [0.29, 0.717) is 11.0 Å². The monoisotopic (exact) mass is 309 g/mol. The Morgan fingerprint density at radius 2 is 1.40 bits per heavy atom. The molecule has 0 N–H and O–H groups in total. The van der Waals surface area contributed by atoms with Crippen LogP contribution >= 0.6 is 0 Å². The number of rotatable bonds is 13. The van der Waals surface area contributed by atoms with Crippen LogP contribution in [0.5, 0.6) is 0 Å². The number of unbranched alkanes of at least 4 members (excludes halogenated alkanes) is 7. The number of likely N-dealkylation sites (N-methyl/N-ethyl adjacent to an activating group) is 1. The molecule has 0 saturated heterocycles. The zero-order valence-corrected chi connectivity index (χ0v) is 14.1. The first-order valence-corrected chi connectivity index (χ1v) is 9.02. The number of quaternary nitrogens is 1. The van der Waals surface area contributed by atoms with Crippen molar-refractivity contribution in [2.45, 2.75) is 58.3 Å². The summed E-state index contributed by atoms with van der Waals surface area (Å²) in [5.74, 6) is 0. The summed E-state index contributed by atoms with van der Waals surface area (Å²) < 4.78 is 36.0. The van der Waals surface area contributed by atoms with E-state index in [4.69, 9.17) is 0 Å². The van der Waals surface area contributed by atoms with Gasteiger partial charge in [0.05, 0.1) is 20.6 Å². The van der Waals surface area contributed by atoms with Crippen molar-refractivity contribution in [1.29, 1.82) is 0 Å². The van der Waals surface area contributed by atoms with Crippen molar-refractivity contribution in [3.05, 3.63) is 0 Å². The lowest BCUT2D eigenvalue weighted by Crippen LogP contribution is -2.43. The minimum Gasteiger partial charge on any atom is -0.726 e. The van der Waals surface area contributed by atoms with Crippen molar-refractivity contribution in [3.8, 4) is 0 Å². The first-order chi connectivity index (χ1) is 9.27. The highest BCUT2D eigenvalue weighted by Gasteiger charge is 2.14. The highest BCUT2D eigenvalue weighted by atomic mass is 32.3. The van der Waals surface area contributed by atoms with Crippen LogP contribution in [0.25, 0.3) is 0 Å². The molecule has 0 amide bonds. The van der Waals surface area contributed by atoms with E-state index in [1.807, 2.05) is 14.1 Å². The highest BCUT2D eigenvalue weighted by Crippen LogP contribution is 2.10. The van der Waals surface area contributed by atoms with Crippen molar-refractivity contribution in [2.24, 2.45) is 0 Å². The fourth-order valence-electron chi connectivity index (χ4n) is 2.17. The Labute approximate surface area is 124 Å². The molecule has 0 atom stereocenters. The van der Waals surface area contributed by atoms with Gasteiger partial charge < -0.3 is 9.04 Å². The SMILES string of the molecule is CCCCCCCCCC[N+](C)(C)CCOS(=O)(=O)[O-]. The molecule has 20 heavy (non-hydrogen) atoms. The molecule has 0 saturated carbocycles. The van der Waals surface area contributed by atoms with E-state index in [2.05, 4.69) is 11.1 Å². The summed E-state index contributed by atoms with van der Waals surface area (Å²) in [5.41, 5.74) is 0. The van der Waals surface area contributed by atoms with Gasteiger partial charge >= 0.3 is 0 Å². The van der Waals surface area contributed by atoms with Crippen LogP contribution in [0.1, 0.15) is 58.3 Å². The zero-order valence-electron chi connectivity index (χ0n) is 13.3. The maximum absolute atomic E-state index is 10.3. The number of hydrogen-bond donors (Lipinski definition) is 0. The fraction of sp³-hybridized carbons (Fsp3) is 1.00. The molecule has 122 valence electrons. The van der Waals surface area contributed by atoms with E-state index in [9.17, 15) is 13.0 Å². The Bertz CT molecular complexity index is 328. The van der Waals surface area contributed by atoms with Crippen LogP contribution in [0, 0.1) is 0 Å². The fourth-order valence-corrected chi connectivity index (χ4v) is 2.45. The summed E-state index contributed by atoms with van der Waals surface area (Å²) in [6, 6.07) is 0. The molecule has 0 rings (SSSR count). The van der Waals surface area contributed by atoms with Gasteiger partial charge in [-0.05, 0) is 12.8 Å². The Morgan fingerprint density at radius 1 is 0.900 bits per heavy atom. The van der Waals surface area contributed by atoms with E-state index in [0.717, 1.165) is 13.0 Å². The molecule has 6 heteroatoms. The molecule has 0 fully saturated rings. The highest BCUT2D eigenvalue weighted by molar-refractivity contribution is 7.80. The van der Waals surface area contributed by atoms with Gasteiger partial charge in [-0.15, -0.1) is 0 Å². The third-order valence-corrected chi connectivity index (χ3v) is 4.00. The maximum atomic E-state index is 10.3.